The molecule has 1 aliphatic carbocycles. The molecule has 0 heterocycles. The standard InChI is InChI=1S/C12H24N4O2S.HI/c1-3-7-14-12(13-2)15-8-9-19(17,18)16-10-11-5-4-6-11;/h3,11,16H,1,4-10H2,2H3,(H2,13,14,15);1H. The van der Waals surface area contributed by atoms with E-state index in [9.17, 15) is 8.42 Å². The second-order valence-corrected chi connectivity index (χ2v) is 6.56. The Balaban J connectivity index is 0.00000361. The summed E-state index contributed by atoms with van der Waals surface area (Å²) in [6, 6.07) is 0. The van der Waals surface area contributed by atoms with Crippen molar-refractivity contribution in [3.8, 4) is 0 Å². The highest BCUT2D eigenvalue weighted by atomic mass is 127. The van der Waals surface area contributed by atoms with E-state index in [4.69, 9.17) is 0 Å². The predicted molar refractivity (Wildman–Crippen MR) is 94.1 cm³/mol. The van der Waals surface area contributed by atoms with Gasteiger partial charge in [0.15, 0.2) is 5.96 Å². The van der Waals surface area contributed by atoms with Crippen LogP contribution in [0.25, 0.3) is 0 Å². The van der Waals surface area contributed by atoms with Gasteiger partial charge in [-0.05, 0) is 18.8 Å². The van der Waals surface area contributed by atoms with Gasteiger partial charge in [-0.25, -0.2) is 13.1 Å². The summed E-state index contributed by atoms with van der Waals surface area (Å²) in [7, 11) is -1.55. The van der Waals surface area contributed by atoms with Gasteiger partial charge in [0.25, 0.3) is 0 Å². The van der Waals surface area contributed by atoms with Gasteiger partial charge in [0, 0.05) is 26.7 Å². The largest absolute Gasteiger partial charge is 0.355 e. The van der Waals surface area contributed by atoms with Crippen molar-refractivity contribution < 1.29 is 8.42 Å². The average molecular weight is 416 g/mol. The number of guanidine groups is 1. The molecule has 0 aliphatic heterocycles. The van der Waals surface area contributed by atoms with Crippen molar-refractivity contribution in [2.24, 2.45) is 10.9 Å². The smallest absolute Gasteiger partial charge is 0.213 e. The van der Waals surface area contributed by atoms with Crippen molar-refractivity contribution in [2.75, 3.05) is 32.4 Å². The molecule has 1 fully saturated rings. The average Bonchev–Trinajstić information content (AvgIpc) is 2.31. The molecule has 3 N–H and O–H groups in total. The number of rotatable bonds is 8. The lowest BCUT2D eigenvalue weighted by Gasteiger charge is -2.25. The fourth-order valence-electron chi connectivity index (χ4n) is 1.71. The quantitative estimate of drug-likeness (QED) is 0.235. The Labute approximate surface area is 139 Å². The molecule has 0 spiro atoms. The Bertz CT molecular complexity index is 408. The number of hydrogen-bond donors (Lipinski definition) is 3. The van der Waals surface area contributed by atoms with Crippen molar-refractivity contribution in [3.05, 3.63) is 12.7 Å². The lowest BCUT2D eigenvalue weighted by atomic mass is 9.86. The normalized spacial score (nSPS) is 15.9. The van der Waals surface area contributed by atoms with Crippen LogP contribution in [0.5, 0.6) is 0 Å². The van der Waals surface area contributed by atoms with E-state index in [2.05, 4.69) is 26.9 Å². The van der Waals surface area contributed by atoms with Crippen LogP contribution in [0.3, 0.4) is 0 Å². The van der Waals surface area contributed by atoms with E-state index in [1.54, 1.807) is 13.1 Å². The molecule has 0 aromatic carbocycles. The minimum Gasteiger partial charge on any atom is -0.355 e. The second-order valence-electron chi connectivity index (χ2n) is 4.63. The third kappa shape index (κ3) is 8.05. The SMILES string of the molecule is C=CCNC(=NC)NCCS(=O)(=O)NCC1CCC1.I. The fraction of sp³-hybridized carbons (Fsp3) is 0.750. The highest BCUT2D eigenvalue weighted by molar-refractivity contribution is 14.0. The molecule has 1 saturated carbocycles. The van der Waals surface area contributed by atoms with E-state index in [0.717, 1.165) is 12.8 Å². The number of halogens is 1. The van der Waals surface area contributed by atoms with Crippen molar-refractivity contribution in [1.82, 2.24) is 15.4 Å². The number of aliphatic imine (C=N–C) groups is 1. The highest BCUT2D eigenvalue weighted by Crippen LogP contribution is 2.25. The maximum Gasteiger partial charge on any atom is 0.213 e. The van der Waals surface area contributed by atoms with Crippen LogP contribution in [0.4, 0.5) is 0 Å². The van der Waals surface area contributed by atoms with Gasteiger partial charge in [0.1, 0.15) is 0 Å². The summed E-state index contributed by atoms with van der Waals surface area (Å²) < 4.78 is 26.1. The van der Waals surface area contributed by atoms with Crippen LogP contribution in [-0.4, -0.2) is 46.8 Å². The molecule has 1 rings (SSSR count). The Morgan fingerprint density at radius 3 is 2.60 bits per heavy atom. The number of hydrogen-bond acceptors (Lipinski definition) is 3. The number of nitrogens with zero attached hydrogens (tertiary/aromatic N) is 1. The molecule has 0 saturated heterocycles. The lowest BCUT2D eigenvalue weighted by Crippen LogP contribution is -2.42. The highest BCUT2D eigenvalue weighted by Gasteiger charge is 2.19. The van der Waals surface area contributed by atoms with Gasteiger partial charge in [-0.1, -0.05) is 12.5 Å². The van der Waals surface area contributed by atoms with E-state index in [0.29, 0.717) is 31.5 Å². The van der Waals surface area contributed by atoms with Crippen LogP contribution in [0, 0.1) is 5.92 Å². The summed E-state index contributed by atoms with van der Waals surface area (Å²) in [4.78, 5) is 3.97. The van der Waals surface area contributed by atoms with Crippen molar-refractivity contribution in [3.63, 3.8) is 0 Å². The van der Waals surface area contributed by atoms with Crippen LogP contribution < -0.4 is 15.4 Å². The van der Waals surface area contributed by atoms with E-state index in [1.165, 1.54) is 6.42 Å². The Hall–Kier alpha value is -0.350. The fourth-order valence-corrected chi connectivity index (χ4v) is 2.71. The molecule has 0 aromatic rings. The van der Waals surface area contributed by atoms with Gasteiger partial charge in [0.05, 0.1) is 5.75 Å². The minimum absolute atomic E-state index is 0. The van der Waals surface area contributed by atoms with Crippen molar-refractivity contribution in [2.45, 2.75) is 19.3 Å². The zero-order valence-electron chi connectivity index (χ0n) is 11.9. The van der Waals surface area contributed by atoms with Crippen LogP contribution in [0.1, 0.15) is 19.3 Å². The molecular formula is C12H25IN4O2S. The molecule has 0 amide bonds. The molecule has 0 atom stereocenters. The van der Waals surface area contributed by atoms with Gasteiger partial charge in [-0.3, -0.25) is 4.99 Å². The summed E-state index contributed by atoms with van der Waals surface area (Å²) in [5.74, 6) is 1.16. The van der Waals surface area contributed by atoms with Gasteiger partial charge in [0.2, 0.25) is 10.0 Å². The van der Waals surface area contributed by atoms with E-state index < -0.39 is 10.0 Å². The molecule has 20 heavy (non-hydrogen) atoms. The van der Waals surface area contributed by atoms with Crippen molar-refractivity contribution >= 4 is 40.0 Å². The first-order valence-corrected chi connectivity index (χ1v) is 8.25. The van der Waals surface area contributed by atoms with Crippen LogP contribution in [-0.2, 0) is 10.0 Å². The maximum atomic E-state index is 11.7. The predicted octanol–water partition coefficient (Wildman–Crippen LogP) is 0.675. The molecule has 8 heteroatoms. The summed E-state index contributed by atoms with van der Waals surface area (Å²) in [5, 5.41) is 5.93. The first kappa shape index (κ1) is 19.7. The van der Waals surface area contributed by atoms with Crippen LogP contribution >= 0.6 is 24.0 Å². The summed E-state index contributed by atoms with van der Waals surface area (Å²) >= 11 is 0. The molecule has 0 unspecified atom stereocenters. The van der Waals surface area contributed by atoms with Gasteiger partial charge in [-0.2, -0.15) is 0 Å². The first-order valence-electron chi connectivity index (χ1n) is 6.60. The molecule has 118 valence electrons. The second kappa shape index (κ2) is 10.4. The molecule has 0 radical (unpaired) electrons. The minimum atomic E-state index is -3.19. The topological polar surface area (TPSA) is 82.6 Å². The summed E-state index contributed by atoms with van der Waals surface area (Å²) in [5.41, 5.74) is 0. The zero-order valence-corrected chi connectivity index (χ0v) is 15.0. The Kier molecular flexibility index (Phi) is 10.2. The number of nitrogens with one attached hydrogen (secondary N) is 3. The monoisotopic (exact) mass is 416 g/mol. The maximum absolute atomic E-state index is 11.7. The zero-order chi connectivity index (χ0) is 14.1. The molecule has 6 nitrogen and oxygen atoms in total. The first-order chi connectivity index (χ1) is 9.07. The molecular weight excluding hydrogens is 391 g/mol. The van der Waals surface area contributed by atoms with Crippen molar-refractivity contribution in [1.29, 1.82) is 0 Å². The Morgan fingerprint density at radius 2 is 2.10 bits per heavy atom. The molecule has 0 aromatic heterocycles. The van der Waals surface area contributed by atoms with Gasteiger partial charge >= 0.3 is 0 Å². The Morgan fingerprint density at radius 1 is 1.40 bits per heavy atom. The van der Waals surface area contributed by atoms with E-state index in [1.807, 2.05) is 0 Å². The third-order valence-electron chi connectivity index (χ3n) is 3.12. The molecule has 0 bridgehead atoms. The summed E-state index contributed by atoms with van der Waals surface area (Å²) in [6.07, 6.45) is 5.21. The lowest BCUT2D eigenvalue weighted by molar-refractivity contribution is 0.316. The van der Waals surface area contributed by atoms with E-state index >= 15 is 0 Å². The third-order valence-corrected chi connectivity index (χ3v) is 4.47. The van der Waals surface area contributed by atoms with Gasteiger partial charge in [-0.15, -0.1) is 30.6 Å². The molecule has 1 aliphatic rings. The number of sulfonamides is 1. The van der Waals surface area contributed by atoms with Gasteiger partial charge < -0.3 is 10.6 Å². The van der Waals surface area contributed by atoms with E-state index in [-0.39, 0.29) is 29.7 Å². The van der Waals surface area contributed by atoms with Crippen LogP contribution in [0.2, 0.25) is 0 Å². The van der Waals surface area contributed by atoms with Crippen LogP contribution in [0.15, 0.2) is 17.6 Å². The summed E-state index contributed by atoms with van der Waals surface area (Å²) in [6.45, 7) is 5.08.